The molecule has 0 radical (unpaired) electrons. The van der Waals surface area contributed by atoms with Crippen molar-refractivity contribution in [1.29, 1.82) is 0 Å². The van der Waals surface area contributed by atoms with Crippen LogP contribution in [-0.4, -0.2) is 0 Å². The van der Waals surface area contributed by atoms with Gasteiger partial charge in [0.1, 0.15) is 0 Å². The molecule has 0 heterocycles. The SMILES string of the molecule is C=C/C=C(\C)c1cccc(C(=C)C=C)c1. The van der Waals surface area contributed by atoms with E-state index in [-0.39, 0.29) is 0 Å². The Bertz CT molecular complexity index is 419. The highest BCUT2D eigenvalue weighted by atomic mass is 14.0. The molecule has 0 aromatic heterocycles. The lowest BCUT2D eigenvalue weighted by molar-refractivity contribution is 1.53. The summed E-state index contributed by atoms with van der Waals surface area (Å²) < 4.78 is 0. The molecule has 1 rings (SSSR count). The van der Waals surface area contributed by atoms with Gasteiger partial charge < -0.3 is 0 Å². The maximum atomic E-state index is 3.93. The van der Waals surface area contributed by atoms with Crippen LogP contribution >= 0.6 is 0 Å². The Hall–Kier alpha value is -1.82. The molecular weight excluding hydrogens is 180 g/mol. The van der Waals surface area contributed by atoms with Gasteiger partial charge in [-0.3, -0.25) is 0 Å². The highest BCUT2D eigenvalue weighted by Crippen LogP contribution is 2.19. The second kappa shape index (κ2) is 5.16. The van der Waals surface area contributed by atoms with E-state index in [1.54, 1.807) is 12.2 Å². The summed E-state index contributed by atoms with van der Waals surface area (Å²) >= 11 is 0. The quantitative estimate of drug-likeness (QED) is 0.623. The van der Waals surface area contributed by atoms with Gasteiger partial charge in [-0.2, -0.15) is 0 Å². The Morgan fingerprint density at radius 2 is 1.87 bits per heavy atom. The van der Waals surface area contributed by atoms with E-state index >= 15 is 0 Å². The van der Waals surface area contributed by atoms with Crippen LogP contribution in [0, 0.1) is 0 Å². The molecule has 0 saturated heterocycles. The molecule has 15 heavy (non-hydrogen) atoms. The summed E-state index contributed by atoms with van der Waals surface area (Å²) in [4.78, 5) is 0. The summed E-state index contributed by atoms with van der Waals surface area (Å²) in [7, 11) is 0. The molecule has 0 amide bonds. The van der Waals surface area contributed by atoms with Crippen molar-refractivity contribution < 1.29 is 0 Å². The highest BCUT2D eigenvalue weighted by Gasteiger charge is 1.98. The van der Waals surface area contributed by atoms with Crippen LogP contribution in [0.4, 0.5) is 0 Å². The first-order valence-corrected chi connectivity index (χ1v) is 4.90. The molecule has 76 valence electrons. The first-order valence-electron chi connectivity index (χ1n) is 4.90. The van der Waals surface area contributed by atoms with Crippen molar-refractivity contribution in [2.45, 2.75) is 6.92 Å². The van der Waals surface area contributed by atoms with Crippen molar-refractivity contribution in [3.05, 3.63) is 73.4 Å². The maximum absolute atomic E-state index is 3.93. The zero-order valence-electron chi connectivity index (χ0n) is 9.16. The Kier molecular flexibility index (Phi) is 3.87. The summed E-state index contributed by atoms with van der Waals surface area (Å²) in [5.74, 6) is 0. The van der Waals surface area contributed by atoms with E-state index in [0.717, 1.165) is 11.1 Å². The lowest BCUT2D eigenvalue weighted by Crippen LogP contribution is -1.83. The zero-order valence-corrected chi connectivity index (χ0v) is 9.16. The largest absolute Gasteiger partial charge is 0.0991 e. The van der Waals surface area contributed by atoms with Gasteiger partial charge in [-0.1, -0.05) is 56.2 Å². The van der Waals surface area contributed by atoms with Crippen LogP contribution in [0.1, 0.15) is 18.1 Å². The van der Waals surface area contributed by atoms with E-state index in [9.17, 15) is 0 Å². The Morgan fingerprint density at radius 3 is 2.47 bits per heavy atom. The van der Waals surface area contributed by atoms with Crippen LogP contribution in [0.15, 0.2) is 62.2 Å². The fourth-order valence-electron chi connectivity index (χ4n) is 1.36. The van der Waals surface area contributed by atoms with Crippen molar-refractivity contribution in [3.63, 3.8) is 0 Å². The third-order valence-corrected chi connectivity index (χ3v) is 2.30. The van der Waals surface area contributed by atoms with Gasteiger partial charge in [0, 0.05) is 0 Å². The summed E-state index contributed by atoms with van der Waals surface area (Å²) in [6, 6.07) is 8.25. The first kappa shape index (κ1) is 11.3. The fraction of sp³-hybridized carbons (Fsp3) is 0.0667. The van der Waals surface area contributed by atoms with Crippen molar-refractivity contribution in [3.8, 4) is 0 Å². The van der Waals surface area contributed by atoms with Crippen molar-refractivity contribution in [2.24, 2.45) is 0 Å². The molecule has 0 atom stereocenters. The van der Waals surface area contributed by atoms with E-state index in [0.29, 0.717) is 0 Å². The Morgan fingerprint density at radius 1 is 1.20 bits per heavy atom. The predicted molar refractivity (Wildman–Crippen MR) is 69.5 cm³/mol. The second-order valence-electron chi connectivity index (χ2n) is 3.40. The van der Waals surface area contributed by atoms with Gasteiger partial charge >= 0.3 is 0 Å². The highest BCUT2D eigenvalue weighted by molar-refractivity contribution is 5.75. The predicted octanol–water partition coefficient (Wildman–Crippen LogP) is 4.48. The van der Waals surface area contributed by atoms with Crippen LogP contribution in [-0.2, 0) is 0 Å². The van der Waals surface area contributed by atoms with Gasteiger partial charge in [0.25, 0.3) is 0 Å². The van der Waals surface area contributed by atoms with Gasteiger partial charge in [0.05, 0.1) is 0 Å². The number of rotatable bonds is 4. The van der Waals surface area contributed by atoms with E-state index in [2.05, 4.69) is 38.8 Å². The smallest absolute Gasteiger partial charge is 0.0184 e. The average Bonchev–Trinajstić information content (AvgIpc) is 2.28. The van der Waals surface area contributed by atoms with Crippen LogP contribution < -0.4 is 0 Å². The monoisotopic (exact) mass is 196 g/mol. The number of allylic oxidation sites excluding steroid dienone is 5. The molecule has 0 aliphatic heterocycles. The van der Waals surface area contributed by atoms with E-state index < -0.39 is 0 Å². The lowest BCUT2D eigenvalue weighted by Gasteiger charge is -2.05. The van der Waals surface area contributed by atoms with Gasteiger partial charge in [0.2, 0.25) is 0 Å². The minimum absolute atomic E-state index is 0.947. The normalized spacial score (nSPS) is 10.9. The van der Waals surface area contributed by atoms with Gasteiger partial charge in [0.15, 0.2) is 0 Å². The standard InChI is InChI=1S/C15H16/c1-5-8-13(4)15-10-7-9-14(11-15)12(3)6-2/h5-11H,1-3H2,4H3/b13-8+. The van der Waals surface area contributed by atoms with Gasteiger partial charge in [-0.05, 0) is 35.3 Å². The van der Waals surface area contributed by atoms with E-state index in [1.807, 2.05) is 18.2 Å². The number of benzene rings is 1. The van der Waals surface area contributed by atoms with Crippen LogP contribution in [0.25, 0.3) is 11.1 Å². The summed E-state index contributed by atoms with van der Waals surface area (Å²) in [5.41, 5.74) is 4.45. The maximum Gasteiger partial charge on any atom is -0.0184 e. The Labute approximate surface area is 92.0 Å². The molecule has 0 fully saturated rings. The molecule has 0 N–H and O–H groups in total. The molecule has 0 nitrogen and oxygen atoms in total. The lowest BCUT2D eigenvalue weighted by atomic mass is 10.0. The molecule has 0 bridgehead atoms. The average molecular weight is 196 g/mol. The topological polar surface area (TPSA) is 0 Å². The minimum Gasteiger partial charge on any atom is -0.0991 e. The molecule has 0 aliphatic rings. The third-order valence-electron chi connectivity index (χ3n) is 2.30. The zero-order chi connectivity index (χ0) is 11.3. The minimum atomic E-state index is 0.947. The van der Waals surface area contributed by atoms with Crippen molar-refractivity contribution in [1.82, 2.24) is 0 Å². The molecular formula is C15H16. The van der Waals surface area contributed by atoms with Gasteiger partial charge in [-0.15, -0.1) is 0 Å². The molecule has 0 unspecified atom stereocenters. The molecule has 0 aliphatic carbocycles. The van der Waals surface area contributed by atoms with Crippen molar-refractivity contribution in [2.75, 3.05) is 0 Å². The molecule has 0 heteroatoms. The molecule has 1 aromatic rings. The van der Waals surface area contributed by atoms with Crippen LogP contribution in [0.2, 0.25) is 0 Å². The second-order valence-corrected chi connectivity index (χ2v) is 3.40. The van der Waals surface area contributed by atoms with Crippen LogP contribution in [0.5, 0.6) is 0 Å². The number of hydrogen-bond acceptors (Lipinski definition) is 0. The van der Waals surface area contributed by atoms with E-state index in [1.165, 1.54) is 11.1 Å². The van der Waals surface area contributed by atoms with Crippen molar-refractivity contribution >= 4 is 11.1 Å². The van der Waals surface area contributed by atoms with E-state index in [4.69, 9.17) is 0 Å². The molecule has 0 saturated carbocycles. The molecule has 1 aromatic carbocycles. The summed E-state index contributed by atoms with van der Waals surface area (Å²) in [5, 5.41) is 0. The molecule has 0 spiro atoms. The Balaban J connectivity index is 3.12. The van der Waals surface area contributed by atoms with Gasteiger partial charge in [-0.25, -0.2) is 0 Å². The summed E-state index contributed by atoms with van der Waals surface area (Å²) in [6.07, 6.45) is 5.56. The van der Waals surface area contributed by atoms with Crippen LogP contribution in [0.3, 0.4) is 0 Å². The number of hydrogen-bond donors (Lipinski definition) is 0. The first-order chi connectivity index (χ1) is 7.19. The third kappa shape index (κ3) is 2.81. The fourth-order valence-corrected chi connectivity index (χ4v) is 1.36. The summed E-state index contributed by atoms with van der Waals surface area (Å²) in [6.45, 7) is 13.4.